The molecule has 0 saturated carbocycles. The molecule has 4 rings (SSSR count). The summed E-state index contributed by atoms with van der Waals surface area (Å²) < 4.78 is 19.0. The maximum Gasteiger partial charge on any atom is 0.280 e. The quantitative estimate of drug-likeness (QED) is 0.511. The fourth-order valence-electron chi connectivity index (χ4n) is 3.75. The number of thiazole rings is 1. The fourth-order valence-corrected chi connectivity index (χ4v) is 4.52. The van der Waals surface area contributed by atoms with Gasteiger partial charge in [0.05, 0.1) is 35.6 Å². The molecule has 0 aromatic carbocycles. The Kier molecular flexibility index (Phi) is 7.56. The lowest BCUT2D eigenvalue weighted by Gasteiger charge is -2.22. The van der Waals surface area contributed by atoms with Crippen LogP contribution in [0.4, 0.5) is 4.39 Å². The number of hydrogen-bond acceptors (Lipinski definition) is 8. The zero-order valence-corrected chi connectivity index (χ0v) is 19.5. The first-order valence-corrected chi connectivity index (χ1v) is 11.8. The van der Waals surface area contributed by atoms with Gasteiger partial charge >= 0.3 is 0 Å². The number of alkyl halides is 1. The highest BCUT2D eigenvalue weighted by Gasteiger charge is 2.25. The molecule has 1 fully saturated rings. The van der Waals surface area contributed by atoms with Crippen molar-refractivity contribution in [3.05, 3.63) is 53.2 Å². The number of carbonyl (C=O) groups is 1. The molecule has 3 aromatic heterocycles. The largest absolute Gasteiger partial charge is 0.477 e. The molecule has 0 spiro atoms. The molecule has 174 valence electrons. The zero-order chi connectivity index (χ0) is 23.2. The predicted octanol–water partition coefficient (Wildman–Crippen LogP) is 3.61. The number of hydrogen-bond donors (Lipinski definition) is 1. The predicted molar refractivity (Wildman–Crippen MR) is 124 cm³/mol. The second-order valence-corrected chi connectivity index (χ2v) is 9.00. The monoisotopic (exact) mass is 470 g/mol. The van der Waals surface area contributed by atoms with Gasteiger partial charge in [-0.05, 0) is 44.4 Å². The minimum Gasteiger partial charge on any atom is -0.477 e. The highest BCUT2D eigenvalue weighted by molar-refractivity contribution is 7.16. The lowest BCUT2D eigenvalue weighted by molar-refractivity contribution is 0.0930. The second-order valence-electron chi connectivity index (χ2n) is 7.96. The Morgan fingerprint density at radius 3 is 3.00 bits per heavy atom. The molecule has 3 aromatic rings. The molecule has 1 amide bonds. The van der Waals surface area contributed by atoms with Crippen molar-refractivity contribution >= 4 is 17.2 Å². The summed E-state index contributed by atoms with van der Waals surface area (Å²) in [4.78, 5) is 33.2. The minimum atomic E-state index is -0.770. The van der Waals surface area contributed by atoms with E-state index in [1.807, 2.05) is 26.0 Å². The van der Waals surface area contributed by atoms with Crippen LogP contribution in [0.15, 0.2) is 36.9 Å². The van der Waals surface area contributed by atoms with E-state index in [0.717, 1.165) is 22.7 Å². The van der Waals surface area contributed by atoms with Gasteiger partial charge in [0.15, 0.2) is 5.01 Å². The van der Waals surface area contributed by atoms with E-state index in [4.69, 9.17) is 4.74 Å². The van der Waals surface area contributed by atoms with Crippen LogP contribution in [0.5, 0.6) is 5.88 Å². The highest BCUT2D eigenvalue weighted by atomic mass is 32.1. The van der Waals surface area contributed by atoms with Gasteiger partial charge in [-0.15, -0.1) is 11.3 Å². The number of likely N-dealkylation sites (tertiary alicyclic amines) is 1. The molecule has 8 nitrogen and oxygen atoms in total. The number of amides is 1. The molecule has 1 saturated heterocycles. The van der Waals surface area contributed by atoms with Crippen LogP contribution in [0.3, 0.4) is 0 Å². The van der Waals surface area contributed by atoms with Crippen molar-refractivity contribution < 1.29 is 13.9 Å². The van der Waals surface area contributed by atoms with Gasteiger partial charge in [-0.2, -0.15) is 0 Å². The smallest absolute Gasteiger partial charge is 0.280 e. The maximum absolute atomic E-state index is 13.6. The molecule has 33 heavy (non-hydrogen) atoms. The topological polar surface area (TPSA) is 93.1 Å². The summed E-state index contributed by atoms with van der Waals surface area (Å²) in [6, 6.07) is 3.58. The molecule has 1 aliphatic rings. The van der Waals surface area contributed by atoms with Crippen molar-refractivity contribution in [2.75, 3.05) is 26.2 Å². The van der Waals surface area contributed by atoms with Crippen molar-refractivity contribution in [3.63, 3.8) is 0 Å². The normalized spacial score (nSPS) is 17.1. The molecule has 0 radical (unpaired) electrons. The van der Waals surface area contributed by atoms with Crippen LogP contribution in [0, 0.1) is 6.92 Å². The number of carbonyl (C=O) groups excluding carboxylic acids is 1. The number of nitrogens with one attached hydrogen (secondary N) is 1. The summed E-state index contributed by atoms with van der Waals surface area (Å²) in [5, 5.41) is 3.40. The van der Waals surface area contributed by atoms with E-state index in [-0.39, 0.29) is 11.9 Å². The summed E-state index contributed by atoms with van der Waals surface area (Å²) in [7, 11) is 0. The average Bonchev–Trinajstić information content (AvgIpc) is 3.46. The van der Waals surface area contributed by atoms with E-state index in [0.29, 0.717) is 49.1 Å². The van der Waals surface area contributed by atoms with Crippen LogP contribution in [0.2, 0.25) is 0 Å². The average molecular weight is 471 g/mol. The Balaban J connectivity index is 1.48. The van der Waals surface area contributed by atoms with Gasteiger partial charge in [0, 0.05) is 32.0 Å². The van der Waals surface area contributed by atoms with Crippen molar-refractivity contribution in [2.45, 2.75) is 38.9 Å². The summed E-state index contributed by atoms with van der Waals surface area (Å²) in [5.74, 6) is 0.149. The first-order chi connectivity index (χ1) is 16.0. The third kappa shape index (κ3) is 6.08. The second kappa shape index (κ2) is 10.8. The summed E-state index contributed by atoms with van der Waals surface area (Å²) in [5.41, 5.74) is 2.45. The molecule has 1 aliphatic heterocycles. The van der Waals surface area contributed by atoms with Crippen molar-refractivity contribution in [1.82, 2.24) is 30.2 Å². The third-order valence-electron chi connectivity index (χ3n) is 5.40. The molecule has 0 bridgehead atoms. The minimum absolute atomic E-state index is 0.279. The van der Waals surface area contributed by atoms with Crippen molar-refractivity contribution in [2.24, 2.45) is 0 Å². The standard InChI is InChI=1S/C23H27FN6O2S/c1-3-32-21-13-25-11-19(28-21)20-12-27-23(33-20)22(31)29-17(18-10-15(2)4-7-26-18)6-9-30-8-5-16(24)14-30/h4,7,10-13,16-17H,3,5-6,8-9,14H2,1-2H3,(H,29,31)/t16-,17+/m0/s1. The summed E-state index contributed by atoms with van der Waals surface area (Å²) in [6.45, 7) is 6.22. The number of halogens is 1. The van der Waals surface area contributed by atoms with Crippen LogP contribution in [0.1, 0.15) is 46.9 Å². The molecule has 1 N–H and O–H groups in total. The Hall–Kier alpha value is -2.98. The molecular formula is C23H27FN6O2S. The van der Waals surface area contributed by atoms with Gasteiger partial charge in [-0.3, -0.25) is 14.8 Å². The lowest BCUT2D eigenvalue weighted by Crippen LogP contribution is -2.32. The molecule has 10 heteroatoms. The first kappa shape index (κ1) is 23.2. The SMILES string of the molecule is CCOc1cncc(-c2cnc(C(=O)N[C@H](CCN3CC[C@H](F)C3)c3cc(C)ccn3)s2)n1. The Morgan fingerprint density at radius 2 is 2.24 bits per heavy atom. The number of aromatic nitrogens is 4. The highest BCUT2D eigenvalue weighted by Crippen LogP contribution is 2.26. The Bertz CT molecular complexity index is 1090. The molecule has 4 heterocycles. The Morgan fingerprint density at radius 1 is 1.36 bits per heavy atom. The lowest BCUT2D eigenvalue weighted by atomic mass is 10.1. The number of rotatable bonds is 9. The van der Waals surface area contributed by atoms with E-state index in [1.165, 1.54) is 11.3 Å². The van der Waals surface area contributed by atoms with E-state index >= 15 is 0 Å². The van der Waals surface area contributed by atoms with E-state index in [2.05, 4.69) is 30.2 Å². The number of nitrogens with zero attached hydrogens (tertiary/aromatic N) is 5. The first-order valence-electron chi connectivity index (χ1n) is 11.0. The van der Waals surface area contributed by atoms with Gasteiger partial charge in [0.2, 0.25) is 5.88 Å². The van der Waals surface area contributed by atoms with Crippen LogP contribution in [0.25, 0.3) is 10.6 Å². The van der Waals surface area contributed by atoms with E-state index in [1.54, 1.807) is 24.8 Å². The van der Waals surface area contributed by atoms with Crippen molar-refractivity contribution in [1.29, 1.82) is 0 Å². The van der Waals surface area contributed by atoms with Gasteiger partial charge in [-0.25, -0.2) is 14.4 Å². The Labute approximate surface area is 196 Å². The maximum atomic E-state index is 13.6. The van der Waals surface area contributed by atoms with E-state index in [9.17, 15) is 9.18 Å². The van der Waals surface area contributed by atoms with Gasteiger partial charge in [0.1, 0.15) is 11.9 Å². The summed E-state index contributed by atoms with van der Waals surface area (Å²) in [6.07, 6.45) is 6.95. The van der Waals surface area contributed by atoms with Gasteiger partial charge in [-0.1, -0.05) is 0 Å². The van der Waals surface area contributed by atoms with Crippen LogP contribution < -0.4 is 10.1 Å². The number of ether oxygens (including phenoxy) is 1. The van der Waals surface area contributed by atoms with Gasteiger partial charge in [0.25, 0.3) is 5.91 Å². The van der Waals surface area contributed by atoms with Crippen LogP contribution in [-0.4, -0.2) is 63.2 Å². The van der Waals surface area contributed by atoms with Gasteiger partial charge < -0.3 is 15.0 Å². The fraction of sp³-hybridized carbons (Fsp3) is 0.435. The summed E-state index contributed by atoms with van der Waals surface area (Å²) >= 11 is 1.24. The molecule has 0 aliphatic carbocycles. The number of aryl methyl sites for hydroxylation is 1. The van der Waals surface area contributed by atoms with Crippen LogP contribution >= 0.6 is 11.3 Å². The van der Waals surface area contributed by atoms with Crippen LogP contribution in [-0.2, 0) is 0 Å². The zero-order valence-electron chi connectivity index (χ0n) is 18.7. The third-order valence-corrected chi connectivity index (χ3v) is 6.42. The van der Waals surface area contributed by atoms with Crippen molar-refractivity contribution in [3.8, 4) is 16.5 Å². The number of pyridine rings is 1. The van der Waals surface area contributed by atoms with E-state index < -0.39 is 6.17 Å². The molecular weight excluding hydrogens is 443 g/mol. The molecule has 2 atom stereocenters. The molecule has 0 unspecified atom stereocenters.